The number of hydrogen-bond acceptors (Lipinski definition) is 3. The fraction of sp³-hybridized carbons (Fsp3) is 0.348. The highest BCUT2D eigenvalue weighted by Crippen LogP contribution is 2.30. The number of aromatic nitrogens is 1. The molecule has 3 aromatic rings. The topological polar surface area (TPSA) is 25.4 Å². The minimum Gasteiger partial charge on any atom is -0.487 e. The number of fused-ring (bicyclic) bond motifs is 1. The molecule has 0 spiro atoms. The van der Waals surface area contributed by atoms with Gasteiger partial charge in [-0.3, -0.25) is 0 Å². The summed E-state index contributed by atoms with van der Waals surface area (Å²) in [5.74, 6) is 1.52. The van der Waals surface area contributed by atoms with Gasteiger partial charge in [-0.05, 0) is 61.6 Å². The van der Waals surface area contributed by atoms with Gasteiger partial charge < -0.3 is 9.64 Å². The molecule has 140 valence electrons. The fourth-order valence-electron chi connectivity index (χ4n) is 3.90. The highest BCUT2D eigenvalue weighted by molar-refractivity contribution is 5.86. The summed E-state index contributed by atoms with van der Waals surface area (Å²) in [4.78, 5) is 7.39. The first kappa shape index (κ1) is 17.8. The first-order valence-corrected chi connectivity index (χ1v) is 9.78. The number of para-hydroxylation sites is 1. The van der Waals surface area contributed by atoms with Crippen LogP contribution in [0.1, 0.15) is 38.2 Å². The van der Waals surface area contributed by atoms with Crippen molar-refractivity contribution in [3.8, 4) is 5.75 Å². The van der Waals surface area contributed by atoms with Crippen LogP contribution in [0.4, 0.5) is 10.2 Å². The molecule has 1 aliphatic rings. The summed E-state index contributed by atoms with van der Waals surface area (Å²) in [6.45, 7) is 3.63. The van der Waals surface area contributed by atoms with E-state index in [9.17, 15) is 4.39 Å². The summed E-state index contributed by atoms with van der Waals surface area (Å²) in [5, 5.41) is 1.06. The number of halogens is 1. The van der Waals surface area contributed by atoms with Crippen LogP contribution in [0.5, 0.6) is 5.75 Å². The van der Waals surface area contributed by atoms with E-state index in [2.05, 4.69) is 30.0 Å². The van der Waals surface area contributed by atoms with E-state index >= 15 is 0 Å². The van der Waals surface area contributed by atoms with Gasteiger partial charge >= 0.3 is 0 Å². The van der Waals surface area contributed by atoms with Crippen LogP contribution in [0.2, 0.25) is 0 Å². The molecule has 0 amide bonds. The van der Waals surface area contributed by atoms with Crippen molar-refractivity contribution in [3.05, 3.63) is 66.0 Å². The summed E-state index contributed by atoms with van der Waals surface area (Å²) in [6, 6.07) is 17.3. The molecule has 0 radical (unpaired) electrons. The standard InChI is InChI=1S/C23H25FN2O/c1-2-20-10-3-4-14-26(20)22-13-12-18-8-6-11-21(23(18)25-22)27-16-17-7-5-9-19(24)15-17/h5-9,11-13,15,20H,2-4,10,14,16H2,1H3. The molecular formula is C23H25FN2O. The quantitative estimate of drug-likeness (QED) is 0.579. The Morgan fingerprint density at radius 3 is 2.85 bits per heavy atom. The number of hydrogen-bond donors (Lipinski definition) is 0. The normalized spacial score (nSPS) is 17.3. The van der Waals surface area contributed by atoms with E-state index in [1.54, 1.807) is 6.07 Å². The van der Waals surface area contributed by atoms with Gasteiger partial charge in [-0.25, -0.2) is 9.37 Å². The Morgan fingerprint density at radius 2 is 2.00 bits per heavy atom. The fourth-order valence-corrected chi connectivity index (χ4v) is 3.90. The SMILES string of the molecule is CCC1CCCCN1c1ccc2cccc(OCc3cccc(F)c3)c2n1. The molecule has 3 nitrogen and oxygen atoms in total. The van der Waals surface area contributed by atoms with Crippen molar-refractivity contribution in [2.24, 2.45) is 0 Å². The molecule has 1 fully saturated rings. The Bertz CT molecular complexity index is 927. The van der Waals surface area contributed by atoms with Gasteiger partial charge in [0.15, 0.2) is 0 Å². The molecule has 4 heteroatoms. The maximum atomic E-state index is 13.4. The van der Waals surface area contributed by atoms with Crippen molar-refractivity contribution in [2.45, 2.75) is 45.3 Å². The number of piperidine rings is 1. The van der Waals surface area contributed by atoms with Gasteiger partial charge in [0, 0.05) is 18.0 Å². The van der Waals surface area contributed by atoms with E-state index < -0.39 is 0 Å². The van der Waals surface area contributed by atoms with Crippen LogP contribution in [-0.2, 0) is 6.61 Å². The predicted molar refractivity (Wildman–Crippen MR) is 108 cm³/mol. The highest BCUT2D eigenvalue weighted by atomic mass is 19.1. The van der Waals surface area contributed by atoms with Gasteiger partial charge in [-0.1, -0.05) is 31.2 Å². The molecule has 0 bridgehead atoms. The maximum absolute atomic E-state index is 13.4. The number of benzene rings is 2. The highest BCUT2D eigenvalue weighted by Gasteiger charge is 2.22. The number of nitrogens with zero attached hydrogens (tertiary/aromatic N) is 2. The van der Waals surface area contributed by atoms with Crippen LogP contribution >= 0.6 is 0 Å². The molecule has 1 aromatic heterocycles. The molecule has 0 N–H and O–H groups in total. The van der Waals surface area contributed by atoms with Crippen LogP contribution in [0, 0.1) is 5.82 Å². The van der Waals surface area contributed by atoms with Crippen LogP contribution in [-0.4, -0.2) is 17.6 Å². The minimum absolute atomic E-state index is 0.245. The van der Waals surface area contributed by atoms with E-state index in [0.29, 0.717) is 12.6 Å². The molecule has 1 saturated heterocycles. The van der Waals surface area contributed by atoms with Gasteiger partial charge in [-0.2, -0.15) is 0 Å². The number of ether oxygens (including phenoxy) is 1. The lowest BCUT2D eigenvalue weighted by Gasteiger charge is -2.36. The molecule has 1 atom stereocenters. The second-order valence-electron chi connectivity index (χ2n) is 7.17. The Labute approximate surface area is 159 Å². The second kappa shape index (κ2) is 7.95. The zero-order valence-corrected chi connectivity index (χ0v) is 15.7. The zero-order chi connectivity index (χ0) is 18.6. The van der Waals surface area contributed by atoms with E-state index in [1.165, 1.54) is 31.4 Å². The Morgan fingerprint density at radius 1 is 1.11 bits per heavy atom. The van der Waals surface area contributed by atoms with Crippen LogP contribution in [0.3, 0.4) is 0 Å². The summed E-state index contributed by atoms with van der Waals surface area (Å²) in [6.07, 6.45) is 4.88. The zero-order valence-electron chi connectivity index (χ0n) is 15.7. The first-order valence-electron chi connectivity index (χ1n) is 9.78. The summed E-state index contributed by atoms with van der Waals surface area (Å²) < 4.78 is 19.4. The lowest BCUT2D eigenvalue weighted by Crippen LogP contribution is -2.39. The van der Waals surface area contributed by atoms with Crippen molar-refractivity contribution in [1.29, 1.82) is 0 Å². The molecule has 1 aliphatic heterocycles. The van der Waals surface area contributed by atoms with Gasteiger partial charge in [-0.15, -0.1) is 0 Å². The first-order chi connectivity index (χ1) is 13.2. The van der Waals surface area contributed by atoms with Crippen LogP contribution in [0.25, 0.3) is 10.9 Å². The maximum Gasteiger partial charge on any atom is 0.146 e. The van der Waals surface area contributed by atoms with Gasteiger partial charge in [0.2, 0.25) is 0 Å². The van der Waals surface area contributed by atoms with Crippen molar-refractivity contribution in [3.63, 3.8) is 0 Å². The van der Waals surface area contributed by atoms with E-state index in [0.717, 1.165) is 41.0 Å². The third kappa shape index (κ3) is 3.90. The van der Waals surface area contributed by atoms with Gasteiger partial charge in [0.05, 0.1) is 0 Å². The second-order valence-corrected chi connectivity index (χ2v) is 7.17. The molecule has 0 aliphatic carbocycles. The van der Waals surface area contributed by atoms with E-state index in [4.69, 9.17) is 9.72 Å². The molecule has 2 aromatic carbocycles. The van der Waals surface area contributed by atoms with E-state index in [1.807, 2.05) is 18.2 Å². The monoisotopic (exact) mass is 364 g/mol. The van der Waals surface area contributed by atoms with Gasteiger partial charge in [0.25, 0.3) is 0 Å². The lowest BCUT2D eigenvalue weighted by atomic mass is 10.00. The lowest BCUT2D eigenvalue weighted by molar-refractivity contribution is 0.308. The Kier molecular flexibility index (Phi) is 5.23. The van der Waals surface area contributed by atoms with Crippen molar-refractivity contribution < 1.29 is 9.13 Å². The minimum atomic E-state index is -0.245. The molecule has 2 heterocycles. The number of pyridine rings is 1. The summed E-state index contributed by atoms with van der Waals surface area (Å²) in [7, 11) is 0. The summed E-state index contributed by atoms with van der Waals surface area (Å²) >= 11 is 0. The summed E-state index contributed by atoms with van der Waals surface area (Å²) in [5.41, 5.74) is 1.68. The number of anilines is 1. The molecular weight excluding hydrogens is 339 g/mol. The predicted octanol–water partition coefficient (Wildman–Crippen LogP) is 5.72. The van der Waals surface area contributed by atoms with Crippen molar-refractivity contribution in [1.82, 2.24) is 4.98 Å². The van der Waals surface area contributed by atoms with Crippen molar-refractivity contribution in [2.75, 3.05) is 11.4 Å². The molecule has 0 saturated carbocycles. The third-order valence-electron chi connectivity index (χ3n) is 5.34. The third-order valence-corrected chi connectivity index (χ3v) is 5.34. The largest absolute Gasteiger partial charge is 0.487 e. The Balaban J connectivity index is 1.63. The number of rotatable bonds is 5. The van der Waals surface area contributed by atoms with Crippen LogP contribution < -0.4 is 9.64 Å². The Hall–Kier alpha value is -2.62. The molecule has 1 unspecified atom stereocenters. The molecule has 4 rings (SSSR count). The van der Waals surface area contributed by atoms with E-state index in [-0.39, 0.29) is 5.82 Å². The molecule has 27 heavy (non-hydrogen) atoms. The average Bonchev–Trinajstić information content (AvgIpc) is 2.72. The van der Waals surface area contributed by atoms with Crippen LogP contribution in [0.15, 0.2) is 54.6 Å². The van der Waals surface area contributed by atoms with Gasteiger partial charge in [0.1, 0.15) is 29.5 Å². The smallest absolute Gasteiger partial charge is 0.146 e. The van der Waals surface area contributed by atoms with Crippen molar-refractivity contribution >= 4 is 16.7 Å². The average molecular weight is 364 g/mol.